The largest absolute Gasteiger partial charge is 0.508 e. The van der Waals surface area contributed by atoms with Crippen LogP contribution in [0.2, 0.25) is 0 Å². The number of rotatable bonds is 15. The Morgan fingerprint density at radius 2 is 1.68 bits per heavy atom. The number of nitrogens with one attached hydrogen (secondary N) is 4. The summed E-state index contributed by atoms with van der Waals surface area (Å²) in [7, 11) is 0. The fraction of sp³-hybridized carbons (Fsp3) is 0.333. The van der Waals surface area contributed by atoms with E-state index in [9.17, 15) is 24.3 Å². The molecule has 0 bridgehead atoms. The van der Waals surface area contributed by atoms with Gasteiger partial charge in [-0.1, -0.05) is 30.3 Å². The first-order valence-electron chi connectivity index (χ1n) is 12.2. The molecule has 0 aliphatic carbocycles. The summed E-state index contributed by atoms with van der Waals surface area (Å²) in [6, 6.07) is 11.2. The van der Waals surface area contributed by atoms with Crippen molar-refractivity contribution in [3.05, 3.63) is 65.9 Å². The molecule has 1 aromatic heterocycles. The minimum atomic E-state index is -1.00. The van der Waals surface area contributed by atoms with Gasteiger partial charge in [-0.15, -0.1) is 0 Å². The van der Waals surface area contributed by atoms with Gasteiger partial charge in [0.15, 0.2) is 0 Å². The number of amides is 3. The third kappa shape index (κ3) is 7.91. The Labute approximate surface area is 215 Å². The predicted octanol–water partition coefficient (Wildman–Crippen LogP) is 1.07. The van der Waals surface area contributed by atoms with Crippen molar-refractivity contribution in [3.63, 3.8) is 0 Å². The lowest BCUT2D eigenvalue weighted by Crippen LogP contribution is -2.55. The molecule has 3 atom stereocenters. The van der Waals surface area contributed by atoms with Gasteiger partial charge in [-0.05, 0) is 55.1 Å². The number of hydrogen-bond acceptors (Lipinski definition) is 6. The lowest BCUT2D eigenvalue weighted by Gasteiger charge is -2.24. The molecule has 2 aromatic carbocycles. The van der Waals surface area contributed by atoms with Crippen LogP contribution in [0.3, 0.4) is 0 Å². The molecule has 0 saturated heterocycles. The summed E-state index contributed by atoms with van der Waals surface area (Å²) in [6.07, 6.45) is 5.07. The van der Waals surface area contributed by atoms with E-state index >= 15 is 0 Å². The maximum absolute atomic E-state index is 13.3. The molecule has 1 heterocycles. The van der Waals surface area contributed by atoms with E-state index in [1.165, 1.54) is 12.1 Å². The highest BCUT2D eigenvalue weighted by Gasteiger charge is 2.28. The average molecular weight is 508 g/mol. The molecule has 0 aliphatic rings. The van der Waals surface area contributed by atoms with Crippen molar-refractivity contribution < 1.29 is 24.3 Å². The summed E-state index contributed by atoms with van der Waals surface area (Å²) < 4.78 is 0. The first kappa shape index (κ1) is 27.4. The second-order valence-electron chi connectivity index (χ2n) is 8.87. The van der Waals surface area contributed by atoms with Gasteiger partial charge < -0.3 is 36.6 Å². The zero-order valence-electron chi connectivity index (χ0n) is 20.5. The van der Waals surface area contributed by atoms with Gasteiger partial charge >= 0.3 is 0 Å². The zero-order chi connectivity index (χ0) is 26.6. The molecule has 37 heavy (non-hydrogen) atoms. The number of aromatic amines is 1. The maximum atomic E-state index is 13.3. The molecule has 0 spiro atoms. The number of aromatic nitrogens is 1. The normalized spacial score (nSPS) is 13.3. The van der Waals surface area contributed by atoms with E-state index in [0.717, 1.165) is 22.9 Å². The summed E-state index contributed by atoms with van der Waals surface area (Å²) >= 11 is 0. The van der Waals surface area contributed by atoms with Gasteiger partial charge in [0, 0.05) is 29.9 Å². The Hall–Kier alpha value is -4.18. The third-order valence-corrected chi connectivity index (χ3v) is 6.15. The lowest BCUT2D eigenvalue weighted by atomic mass is 10.0. The van der Waals surface area contributed by atoms with Crippen molar-refractivity contribution in [1.82, 2.24) is 20.9 Å². The van der Waals surface area contributed by atoms with E-state index in [-0.39, 0.29) is 18.6 Å². The van der Waals surface area contributed by atoms with Crippen LogP contribution >= 0.6 is 0 Å². The van der Waals surface area contributed by atoms with Crippen LogP contribution in [-0.4, -0.2) is 59.3 Å². The zero-order valence-corrected chi connectivity index (χ0v) is 20.5. The number of fused-ring (bicyclic) bond motifs is 1. The van der Waals surface area contributed by atoms with E-state index in [2.05, 4.69) is 20.9 Å². The Bertz CT molecular complexity index is 1190. The van der Waals surface area contributed by atoms with Crippen LogP contribution in [0.1, 0.15) is 30.4 Å². The van der Waals surface area contributed by atoms with Gasteiger partial charge in [-0.3, -0.25) is 14.4 Å². The Morgan fingerprint density at radius 1 is 0.946 bits per heavy atom. The number of H-pyrrole nitrogens is 1. The number of phenolic OH excluding ortho intramolecular Hbond substituents is 1. The summed E-state index contributed by atoms with van der Waals surface area (Å²) in [6.45, 7) is 0.491. The Kier molecular flexibility index (Phi) is 10.2. The topological polar surface area (TPSA) is 166 Å². The van der Waals surface area contributed by atoms with Crippen LogP contribution < -0.4 is 21.7 Å². The van der Waals surface area contributed by atoms with Crippen LogP contribution in [0.4, 0.5) is 0 Å². The lowest BCUT2D eigenvalue weighted by molar-refractivity contribution is -0.131. The van der Waals surface area contributed by atoms with Gasteiger partial charge in [-0.25, -0.2) is 0 Å². The quantitative estimate of drug-likeness (QED) is 0.133. The highest BCUT2D eigenvalue weighted by molar-refractivity contribution is 5.92. The Morgan fingerprint density at radius 3 is 2.38 bits per heavy atom. The molecular formula is C27H33N5O5. The number of carbonyl (C=O) groups is 4. The van der Waals surface area contributed by atoms with Gasteiger partial charge in [0.05, 0.1) is 6.04 Å². The second-order valence-corrected chi connectivity index (χ2v) is 8.87. The number of carbonyl (C=O) groups excluding carboxylic acids is 4. The highest BCUT2D eigenvalue weighted by Crippen LogP contribution is 2.19. The minimum absolute atomic E-state index is 0.0831. The van der Waals surface area contributed by atoms with E-state index in [1.807, 2.05) is 24.3 Å². The van der Waals surface area contributed by atoms with E-state index < -0.39 is 29.9 Å². The fourth-order valence-corrected chi connectivity index (χ4v) is 4.15. The van der Waals surface area contributed by atoms with E-state index in [4.69, 9.17) is 5.73 Å². The summed E-state index contributed by atoms with van der Waals surface area (Å²) in [4.78, 5) is 52.5. The van der Waals surface area contributed by atoms with Gasteiger partial charge in [0.2, 0.25) is 18.2 Å². The minimum Gasteiger partial charge on any atom is -0.508 e. The SMILES string of the molecule is NCCCCC(C=O)NC(=O)[C@@H](Cc1c[nH]c2ccccc12)NC(=O)C(Cc1ccc(O)cc1)NC=O. The fourth-order valence-electron chi connectivity index (χ4n) is 4.15. The van der Waals surface area contributed by atoms with E-state index in [0.29, 0.717) is 37.6 Å². The van der Waals surface area contributed by atoms with Gasteiger partial charge in [-0.2, -0.15) is 0 Å². The molecule has 3 amide bonds. The number of nitrogens with two attached hydrogens (primary N) is 1. The number of aromatic hydroxyl groups is 1. The second kappa shape index (κ2) is 13.8. The summed E-state index contributed by atoms with van der Waals surface area (Å²) in [5.41, 5.74) is 7.95. The summed E-state index contributed by atoms with van der Waals surface area (Å²) in [5.74, 6) is -0.969. The number of para-hydroxylation sites is 1. The molecule has 0 radical (unpaired) electrons. The number of hydrogen-bond donors (Lipinski definition) is 6. The number of phenols is 1. The smallest absolute Gasteiger partial charge is 0.243 e. The molecule has 3 aromatic rings. The number of unbranched alkanes of at least 4 members (excludes halogenated alkanes) is 1. The molecule has 3 rings (SSSR count). The van der Waals surface area contributed by atoms with Crippen LogP contribution in [0.25, 0.3) is 10.9 Å². The molecule has 0 fully saturated rings. The molecule has 196 valence electrons. The van der Waals surface area contributed by atoms with Crippen LogP contribution in [-0.2, 0) is 32.0 Å². The van der Waals surface area contributed by atoms with E-state index in [1.54, 1.807) is 18.3 Å². The van der Waals surface area contributed by atoms with Crippen LogP contribution in [0, 0.1) is 0 Å². The molecule has 0 saturated carbocycles. The van der Waals surface area contributed by atoms with Crippen molar-refractivity contribution >= 4 is 35.4 Å². The van der Waals surface area contributed by atoms with Gasteiger partial charge in [0.1, 0.15) is 24.1 Å². The first-order chi connectivity index (χ1) is 17.9. The van der Waals surface area contributed by atoms with Gasteiger partial charge in [0.25, 0.3) is 0 Å². The molecule has 0 aliphatic heterocycles. The molecule has 10 heteroatoms. The van der Waals surface area contributed by atoms with Crippen molar-refractivity contribution in [1.29, 1.82) is 0 Å². The summed E-state index contributed by atoms with van der Waals surface area (Å²) in [5, 5.41) is 18.4. The number of benzene rings is 2. The molecule has 7 N–H and O–H groups in total. The van der Waals surface area contributed by atoms with Crippen molar-refractivity contribution in [2.24, 2.45) is 5.73 Å². The monoisotopic (exact) mass is 507 g/mol. The van der Waals surface area contributed by atoms with Crippen molar-refractivity contribution in [2.45, 2.75) is 50.2 Å². The van der Waals surface area contributed by atoms with Crippen LogP contribution in [0.15, 0.2) is 54.7 Å². The molecular weight excluding hydrogens is 474 g/mol. The van der Waals surface area contributed by atoms with Crippen molar-refractivity contribution in [3.8, 4) is 5.75 Å². The predicted molar refractivity (Wildman–Crippen MR) is 140 cm³/mol. The maximum Gasteiger partial charge on any atom is 0.243 e. The highest BCUT2D eigenvalue weighted by atomic mass is 16.3. The van der Waals surface area contributed by atoms with Crippen LogP contribution in [0.5, 0.6) is 5.75 Å². The Balaban J connectivity index is 1.80. The van der Waals surface area contributed by atoms with Crippen molar-refractivity contribution in [2.75, 3.05) is 6.54 Å². The molecule has 10 nitrogen and oxygen atoms in total. The average Bonchev–Trinajstić information content (AvgIpc) is 3.31. The number of aldehydes is 1. The standard InChI is InChI=1S/C27H33N5O5/c28-12-4-3-5-20(16-33)31-27(37)25(14-19-15-29-23-7-2-1-6-22(19)23)32-26(36)24(30-17-34)13-18-8-10-21(35)11-9-18/h1-2,6-11,15-17,20,24-25,29,35H,3-5,12-14,28H2,(H,30,34)(H,31,37)(H,32,36)/t20?,24?,25-/m1/s1. The molecule has 2 unspecified atom stereocenters. The first-order valence-corrected chi connectivity index (χ1v) is 12.2. The third-order valence-electron chi connectivity index (χ3n) is 6.15.